The van der Waals surface area contributed by atoms with Crippen molar-refractivity contribution in [2.45, 2.75) is 19.9 Å². The molecule has 5 rings (SSSR count). The minimum absolute atomic E-state index is 0.0241. The molecule has 2 aromatic heterocycles. The Hall–Kier alpha value is -3.52. The molecule has 0 radical (unpaired) electrons. The van der Waals surface area contributed by atoms with E-state index in [1.807, 2.05) is 31.0 Å². The van der Waals surface area contributed by atoms with Crippen LogP contribution in [-0.2, 0) is 0 Å². The highest BCUT2D eigenvalue weighted by molar-refractivity contribution is 6.07. The Kier molecular flexibility index (Phi) is 5.01. The first kappa shape index (κ1) is 20.4. The van der Waals surface area contributed by atoms with Crippen LogP contribution in [0.3, 0.4) is 0 Å². The molecule has 162 valence electrons. The summed E-state index contributed by atoms with van der Waals surface area (Å²) >= 11 is 0. The van der Waals surface area contributed by atoms with Gasteiger partial charge in [0.25, 0.3) is 0 Å². The maximum absolute atomic E-state index is 14.4. The molecular weight excluding hydrogens is 412 g/mol. The zero-order valence-corrected chi connectivity index (χ0v) is 17.6. The summed E-state index contributed by atoms with van der Waals surface area (Å²) in [5.41, 5.74) is 3.03. The number of nitrogens with zero attached hydrogens (tertiary/aromatic N) is 4. The Morgan fingerprint density at radius 3 is 2.66 bits per heavy atom. The fourth-order valence-electron chi connectivity index (χ4n) is 4.44. The van der Waals surface area contributed by atoms with Crippen LogP contribution < -0.4 is 10.2 Å². The van der Waals surface area contributed by atoms with Crippen LogP contribution in [0.4, 0.5) is 14.7 Å². The summed E-state index contributed by atoms with van der Waals surface area (Å²) in [6, 6.07) is 7.77. The SMILES string of the molecule is Cc1cc(C)nc(N2C=C3C(CNC3C(=O)c3cc(F)ccc3-c3ncccc3F)C2)n1. The maximum atomic E-state index is 14.4. The first-order valence-electron chi connectivity index (χ1n) is 10.4. The predicted molar refractivity (Wildman–Crippen MR) is 116 cm³/mol. The number of hydrogen-bond donors (Lipinski definition) is 1. The molecule has 6 nitrogen and oxygen atoms in total. The lowest BCUT2D eigenvalue weighted by molar-refractivity contribution is 0.0966. The first-order chi connectivity index (χ1) is 15.4. The standard InChI is InChI=1S/C24H21F2N5O/c1-13-8-14(2)30-24(29-13)31-11-15-10-28-22(19(15)12-31)23(32)18-9-16(25)5-6-17(18)21-20(26)4-3-7-27-21/h3-9,12,15,22,28H,10-11H2,1-2H3. The van der Waals surface area contributed by atoms with E-state index in [2.05, 4.69) is 20.3 Å². The highest BCUT2D eigenvalue weighted by Crippen LogP contribution is 2.34. The number of ketones is 1. The molecular formula is C24H21F2N5O. The number of nitrogens with one attached hydrogen (secondary N) is 1. The van der Waals surface area contributed by atoms with E-state index in [9.17, 15) is 13.6 Å². The van der Waals surface area contributed by atoms with E-state index in [0.717, 1.165) is 23.0 Å². The van der Waals surface area contributed by atoms with Crippen molar-refractivity contribution in [3.63, 3.8) is 0 Å². The zero-order valence-electron chi connectivity index (χ0n) is 17.6. The van der Waals surface area contributed by atoms with E-state index in [-0.39, 0.29) is 28.5 Å². The lowest BCUT2D eigenvalue weighted by Gasteiger charge is -2.17. The molecule has 0 saturated carbocycles. The molecule has 0 spiro atoms. The summed E-state index contributed by atoms with van der Waals surface area (Å²) in [7, 11) is 0. The summed E-state index contributed by atoms with van der Waals surface area (Å²) in [5, 5.41) is 3.24. The number of hydrogen-bond acceptors (Lipinski definition) is 6. The van der Waals surface area contributed by atoms with Crippen LogP contribution in [0.15, 0.2) is 54.4 Å². The molecule has 32 heavy (non-hydrogen) atoms. The average Bonchev–Trinajstić information content (AvgIpc) is 3.34. The zero-order chi connectivity index (χ0) is 22.4. The van der Waals surface area contributed by atoms with Gasteiger partial charge in [0.05, 0.1) is 6.04 Å². The molecule has 1 fully saturated rings. The monoisotopic (exact) mass is 433 g/mol. The summed E-state index contributed by atoms with van der Waals surface area (Å²) in [5.74, 6) is -0.742. The molecule has 1 saturated heterocycles. The van der Waals surface area contributed by atoms with Crippen molar-refractivity contribution < 1.29 is 13.6 Å². The van der Waals surface area contributed by atoms with E-state index in [1.165, 1.54) is 30.5 Å². The normalized spacial score (nSPS) is 19.8. The quantitative estimate of drug-likeness (QED) is 0.634. The van der Waals surface area contributed by atoms with Gasteiger partial charge in [-0.2, -0.15) is 0 Å². The van der Waals surface area contributed by atoms with Crippen LogP contribution in [0.5, 0.6) is 0 Å². The fourth-order valence-corrected chi connectivity index (χ4v) is 4.44. The number of Topliss-reactive ketones (excluding diaryl/α,β-unsaturated/α-hetero) is 1. The van der Waals surface area contributed by atoms with Crippen LogP contribution in [0.1, 0.15) is 21.7 Å². The fraction of sp³-hybridized carbons (Fsp3) is 0.250. The van der Waals surface area contributed by atoms with Crippen LogP contribution in [-0.4, -0.2) is 39.9 Å². The Labute approximate surface area is 184 Å². The van der Waals surface area contributed by atoms with Crippen molar-refractivity contribution in [2.24, 2.45) is 5.92 Å². The van der Waals surface area contributed by atoms with Gasteiger partial charge in [-0.1, -0.05) is 0 Å². The van der Waals surface area contributed by atoms with Gasteiger partial charge in [0, 0.05) is 53.9 Å². The molecule has 0 amide bonds. The second-order valence-electron chi connectivity index (χ2n) is 8.16. The lowest BCUT2D eigenvalue weighted by Crippen LogP contribution is -2.33. The van der Waals surface area contributed by atoms with Crippen LogP contribution in [0, 0.1) is 31.4 Å². The smallest absolute Gasteiger partial charge is 0.229 e. The molecule has 0 bridgehead atoms. The second-order valence-corrected chi connectivity index (χ2v) is 8.16. The number of carbonyl (C=O) groups is 1. The van der Waals surface area contributed by atoms with Crippen molar-refractivity contribution in [1.29, 1.82) is 0 Å². The first-order valence-corrected chi connectivity index (χ1v) is 10.4. The minimum Gasteiger partial charge on any atom is -0.316 e. The molecule has 0 aliphatic carbocycles. The maximum Gasteiger partial charge on any atom is 0.229 e. The van der Waals surface area contributed by atoms with Gasteiger partial charge >= 0.3 is 0 Å². The second kappa shape index (κ2) is 7.87. The number of fused-ring (bicyclic) bond motifs is 1. The van der Waals surface area contributed by atoms with E-state index < -0.39 is 17.7 Å². The number of halogens is 2. The number of aryl methyl sites for hydroxylation is 2. The van der Waals surface area contributed by atoms with E-state index in [0.29, 0.717) is 19.0 Å². The number of benzene rings is 1. The van der Waals surface area contributed by atoms with Gasteiger partial charge in [-0.15, -0.1) is 0 Å². The number of rotatable bonds is 4. The van der Waals surface area contributed by atoms with E-state index in [1.54, 1.807) is 0 Å². The molecule has 4 heterocycles. The Morgan fingerprint density at radius 2 is 1.91 bits per heavy atom. The number of carbonyl (C=O) groups excluding carboxylic acids is 1. The van der Waals surface area contributed by atoms with Crippen LogP contribution in [0.25, 0.3) is 11.3 Å². The third-order valence-corrected chi connectivity index (χ3v) is 5.85. The Morgan fingerprint density at radius 1 is 1.12 bits per heavy atom. The molecule has 2 aliphatic rings. The Balaban J connectivity index is 1.51. The largest absolute Gasteiger partial charge is 0.316 e. The molecule has 3 aromatic rings. The summed E-state index contributed by atoms with van der Waals surface area (Å²) in [6.45, 7) is 5.09. The van der Waals surface area contributed by atoms with Crippen molar-refractivity contribution in [1.82, 2.24) is 20.3 Å². The molecule has 8 heteroatoms. The van der Waals surface area contributed by atoms with Gasteiger partial charge in [0.15, 0.2) is 5.78 Å². The van der Waals surface area contributed by atoms with Gasteiger partial charge in [0.2, 0.25) is 5.95 Å². The number of aromatic nitrogens is 3. The Bertz CT molecular complexity index is 1240. The summed E-state index contributed by atoms with van der Waals surface area (Å²) < 4.78 is 28.5. The van der Waals surface area contributed by atoms with Crippen molar-refractivity contribution in [2.75, 3.05) is 18.0 Å². The molecule has 1 N–H and O–H groups in total. The third kappa shape index (κ3) is 3.56. The molecule has 2 atom stereocenters. The van der Waals surface area contributed by atoms with Gasteiger partial charge in [-0.25, -0.2) is 18.7 Å². The van der Waals surface area contributed by atoms with Crippen molar-refractivity contribution >= 4 is 11.7 Å². The molecule has 1 aromatic carbocycles. The van der Waals surface area contributed by atoms with Crippen LogP contribution >= 0.6 is 0 Å². The number of anilines is 1. The van der Waals surface area contributed by atoms with Gasteiger partial charge in [-0.05, 0) is 55.8 Å². The van der Waals surface area contributed by atoms with Gasteiger partial charge in [-0.3, -0.25) is 9.78 Å². The lowest BCUT2D eigenvalue weighted by atomic mass is 9.91. The predicted octanol–water partition coefficient (Wildman–Crippen LogP) is 3.61. The van der Waals surface area contributed by atoms with Crippen LogP contribution in [0.2, 0.25) is 0 Å². The van der Waals surface area contributed by atoms with Gasteiger partial charge < -0.3 is 10.2 Å². The summed E-state index contributed by atoms with van der Waals surface area (Å²) in [4.78, 5) is 28.6. The topological polar surface area (TPSA) is 71.0 Å². The number of pyridine rings is 1. The minimum atomic E-state index is -0.636. The van der Waals surface area contributed by atoms with E-state index in [4.69, 9.17) is 0 Å². The molecule has 2 aliphatic heterocycles. The van der Waals surface area contributed by atoms with E-state index >= 15 is 0 Å². The summed E-state index contributed by atoms with van der Waals surface area (Å²) in [6.07, 6.45) is 3.35. The molecule has 2 unspecified atom stereocenters. The van der Waals surface area contributed by atoms with Crippen molar-refractivity contribution in [3.05, 3.63) is 83.0 Å². The van der Waals surface area contributed by atoms with Crippen molar-refractivity contribution in [3.8, 4) is 11.3 Å². The van der Waals surface area contributed by atoms with Gasteiger partial charge in [0.1, 0.15) is 17.3 Å². The average molecular weight is 433 g/mol. The highest BCUT2D eigenvalue weighted by Gasteiger charge is 2.41. The third-order valence-electron chi connectivity index (χ3n) is 5.85. The highest BCUT2D eigenvalue weighted by atomic mass is 19.1.